The van der Waals surface area contributed by atoms with Gasteiger partial charge in [0.1, 0.15) is 41.1 Å². The number of carboxylic acid groups (broad SMARTS) is 1. The van der Waals surface area contributed by atoms with E-state index in [1.165, 1.54) is 63.5 Å². The van der Waals surface area contributed by atoms with Crippen LogP contribution in [0, 0.1) is 46.9 Å². The number of imidazole rings is 2. The van der Waals surface area contributed by atoms with E-state index in [1.807, 2.05) is 13.8 Å². The highest BCUT2D eigenvalue weighted by Crippen LogP contribution is 2.50. The van der Waals surface area contributed by atoms with Gasteiger partial charge in [-0.15, -0.1) is 0 Å². The summed E-state index contributed by atoms with van der Waals surface area (Å²) in [5.74, 6) is -2.00. The van der Waals surface area contributed by atoms with Gasteiger partial charge < -0.3 is 50.0 Å². The molecule has 1 aliphatic carbocycles. The molecule has 5 fully saturated rings. The van der Waals surface area contributed by atoms with Crippen molar-refractivity contribution in [1.82, 2.24) is 40.4 Å². The van der Waals surface area contributed by atoms with Crippen molar-refractivity contribution in [2.75, 3.05) is 43.1 Å². The summed E-state index contributed by atoms with van der Waals surface area (Å²) in [6.45, 7) is 9.02. The SMILES string of the molecule is COC(=O)N[C@H](C(=O)N1CCC[C@H]1c1nc2cc(F)c([C@H]3CC[C@H](c4cc5[nH]c([C@@H]6CCCN6C(=O)[C@@H](NC(=O)O)C(C)C)nc5cc4F)N3c3cc(F)c(N4CCC(C5CCCCC5)CC4)c(F)c3)cc2[nH]1)C(C)C. The zero-order chi connectivity index (χ0) is 53.7. The van der Waals surface area contributed by atoms with Crippen LogP contribution in [0.2, 0.25) is 0 Å². The molecule has 0 spiro atoms. The Bertz CT molecular complexity index is 2960. The number of alkyl carbamates (subject to hydrolysis) is 1. The summed E-state index contributed by atoms with van der Waals surface area (Å²) in [5.41, 5.74) is 1.95. The van der Waals surface area contributed by atoms with Crippen molar-refractivity contribution in [1.29, 1.82) is 0 Å². The van der Waals surface area contributed by atoms with E-state index in [4.69, 9.17) is 14.7 Å². The molecule has 4 aliphatic heterocycles. The Labute approximate surface area is 439 Å². The van der Waals surface area contributed by atoms with Crippen molar-refractivity contribution in [3.63, 3.8) is 0 Å². The standard InChI is InChI=1S/C56H70F4N10O6/c1-29(2)48(65-55(73)74)53(71)68-19-9-13-46(68)51-61-40-25-34(36(57)27-42(40)63-51)44-15-16-45(70(44)33-23-38(59)50(39(60)24-33)67-21-17-32(18-22-67)31-11-7-6-8-12-31)35-26-41-43(28-37(35)58)64-52(62-41)47-14-10-20-69(47)54(72)49(30(3)4)66-56(75)76-5/h23-32,44-49,65H,6-22H2,1-5H3,(H,61,63)(H,62,64)(H,66,75)(H,73,74)/t44-,45-,46+,47+,48+,49+/m1/s1. The maximum Gasteiger partial charge on any atom is 0.407 e. The first-order valence-electron chi connectivity index (χ1n) is 27.3. The highest BCUT2D eigenvalue weighted by atomic mass is 19.1. The van der Waals surface area contributed by atoms with Crippen LogP contribution in [-0.2, 0) is 14.3 Å². The summed E-state index contributed by atoms with van der Waals surface area (Å²) in [6, 6.07) is 3.91. The van der Waals surface area contributed by atoms with Crippen molar-refractivity contribution >= 4 is 57.4 Å². The number of hydrogen-bond donors (Lipinski definition) is 5. The molecule has 6 heterocycles. The van der Waals surface area contributed by atoms with E-state index in [2.05, 4.69) is 20.6 Å². The third-order valence-electron chi connectivity index (χ3n) is 17.1. The number of carbonyl (C=O) groups excluding carboxylic acids is 3. The molecule has 5 aromatic rings. The Kier molecular flexibility index (Phi) is 15.1. The first-order chi connectivity index (χ1) is 36.5. The average molecular weight is 1060 g/mol. The number of aromatic amines is 2. The number of piperidine rings is 1. The van der Waals surface area contributed by atoms with E-state index >= 15 is 17.6 Å². The van der Waals surface area contributed by atoms with Gasteiger partial charge in [0.15, 0.2) is 11.6 Å². The largest absolute Gasteiger partial charge is 0.465 e. The molecule has 4 amide bonds. The van der Waals surface area contributed by atoms with Gasteiger partial charge in [0.2, 0.25) is 11.8 Å². The smallest absolute Gasteiger partial charge is 0.407 e. The highest BCUT2D eigenvalue weighted by molar-refractivity contribution is 5.87. The molecule has 0 unspecified atom stereocenters. The fraction of sp³-hybridized carbons (Fsp3) is 0.571. The molecule has 5 N–H and O–H groups in total. The summed E-state index contributed by atoms with van der Waals surface area (Å²) in [4.78, 5) is 74.6. The molecule has 20 heteroatoms. The van der Waals surface area contributed by atoms with Gasteiger partial charge in [-0.05, 0) is 99.3 Å². The quantitative estimate of drug-likeness (QED) is 0.0709. The Morgan fingerprint density at radius 3 is 1.53 bits per heavy atom. The van der Waals surface area contributed by atoms with Gasteiger partial charge in [-0.3, -0.25) is 9.59 Å². The van der Waals surface area contributed by atoms with Crippen LogP contribution in [-0.4, -0.2) is 104 Å². The summed E-state index contributed by atoms with van der Waals surface area (Å²) in [5, 5.41) is 14.5. The molecule has 10 rings (SSSR count). The number of hydrogen-bond acceptors (Lipinski definition) is 9. The second-order valence-electron chi connectivity index (χ2n) is 22.4. The van der Waals surface area contributed by atoms with Crippen LogP contribution in [0.4, 0.5) is 38.5 Å². The third-order valence-corrected chi connectivity index (χ3v) is 17.1. The van der Waals surface area contributed by atoms with Crippen molar-refractivity contribution in [2.45, 2.75) is 147 Å². The first kappa shape index (κ1) is 52.8. The molecule has 408 valence electrons. The number of anilines is 2. The van der Waals surface area contributed by atoms with Crippen LogP contribution in [0.1, 0.15) is 158 Å². The van der Waals surface area contributed by atoms with E-state index in [1.54, 1.807) is 45.6 Å². The van der Waals surface area contributed by atoms with Crippen LogP contribution < -0.4 is 20.4 Å². The Hall–Kier alpha value is -6.60. The number of carbonyl (C=O) groups is 4. The molecule has 6 atom stereocenters. The summed E-state index contributed by atoms with van der Waals surface area (Å²) < 4.78 is 72.4. The van der Waals surface area contributed by atoms with Gasteiger partial charge >= 0.3 is 12.2 Å². The van der Waals surface area contributed by atoms with Crippen LogP contribution in [0.25, 0.3) is 22.1 Å². The molecule has 2 aromatic heterocycles. The second kappa shape index (κ2) is 21.8. The van der Waals surface area contributed by atoms with E-state index in [0.717, 1.165) is 12.8 Å². The van der Waals surface area contributed by atoms with Crippen molar-refractivity contribution < 1.29 is 46.6 Å². The maximum absolute atomic E-state index is 16.9. The zero-order valence-corrected chi connectivity index (χ0v) is 43.9. The molecule has 5 aliphatic rings. The van der Waals surface area contributed by atoms with Crippen LogP contribution >= 0.6 is 0 Å². The van der Waals surface area contributed by atoms with Gasteiger partial charge in [0.05, 0.1) is 53.3 Å². The molecule has 0 radical (unpaired) electrons. The molecule has 4 saturated heterocycles. The Balaban J connectivity index is 0.991. The highest BCUT2D eigenvalue weighted by Gasteiger charge is 2.43. The van der Waals surface area contributed by atoms with E-state index in [9.17, 15) is 24.3 Å². The van der Waals surface area contributed by atoms with Crippen molar-refractivity contribution in [2.24, 2.45) is 23.7 Å². The van der Waals surface area contributed by atoms with Gasteiger partial charge in [-0.2, -0.15) is 0 Å². The lowest BCUT2D eigenvalue weighted by molar-refractivity contribution is -0.136. The lowest BCUT2D eigenvalue weighted by Crippen LogP contribution is -2.51. The van der Waals surface area contributed by atoms with Gasteiger partial charge in [-0.25, -0.2) is 37.1 Å². The molecular formula is C56H70F4N10O6. The lowest BCUT2D eigenvalue weighted by Gasteiger charge is -2.39. The fourth-order valence-corrected chi connectivity index (χ4v) is 13.3. The second-order valence-corrected chi connectivity index (χ2v) is 22.4. The number of fused-ring (bicyclic) bond motifs is 2. The minimum Gasteiger partial charge on any atom is -0.465 e. The lowest BCUT2D eigenvalue weighted by atomic mass is 9.76. The number of halogens is 4. The third kappa shape index (κ3) is 10.2. The molecule has 76 heavy (non-hydrogen) atoms. The summed E-state index contributed by atoms with van der Waals surface area (Å²) >= 11 is 0. The van der Waals surface area contributed by atoms with Gasteiger partial charge in [0, 0.05) is 55.1 Å². The number of rotatable bonds is 13. The molecule has 16 nitrogen and oxygen atoms in total. The van der Waals surface area contributed by atoms with Crippen molar-refractivity contribution in [3.05, 3.63) is 82.4 Å². The predicted molar refractivity (Wildman–Crippen MR) is 278 cm³/mol. The summed E-state index contributed by atoms with van der Waals surface area (Å²) in [7, 11) is 1.23. The minimum absolute atomic E-state index is 0.105. The number of aromatic nitrogens is 4. The van der Waals surface area contributed by atoms with Gasteiger partial charge in [0.25, 0.3) is 0 Å². The molecule has 1 saturated carbocycles. The fourth-order valence-electron chi connectivity index (χ4n) is 13.3. The van der Waals surface area contributed by atoms with E-state index in [-0.39, 0.29) is 59.0 Å². The van der Waals surface area contributed by atoms with Crippen LogP contribution in [0.15, 0.2) is 36.4 Å². The van der Waals surface area contributed by atoms with Crippen LogP contribution in [0.5, 0.6) is 0 Å². The first-order valence-corrected chi connectivity index (χ1v) is 27.3. The monoisotopic (exact) mass is 1050 g/mol. The predicted octanol–water partition coefficient (Wildman–Crippen LogP) is 10.9. The number of nitrogens with zero attached hydrogens (tertiary/aromatic N) is 6. The number of benzene rings is 3. The Morgan fingerprint density at radius 2 is 1.07 bits per heavy atom. The zero-order valence-electron chi connectivity index (χ0n) is 43.9. The molecule has 3 aromatic carbocycles. The van der Waals surface area contributed by atoms with Crippen molar-refractivity contribution in [3.8, 4) is 0 Å². The average Bonchev–Trinajstić information content (AvgIpc) is 4.26. The molecule has 0 bridgehead atoms. The number of methoxy groups -OCH3 is 1. The topological polar surface area (TPSA) is 192 Å². The molecular weight excluding hydrogens is 985 g/mol. The maximum atomic E-state index is 16.9. The van der Waals surface area contributed by atoms with Crippen LogP contribution in [0.3, 0.4) is 0 Å². The number of ether oxygens (including phenoxy) is 1. The number of H-pyrrole nitrogens is 2. The normalized spacial score (nSPS) is 22.6. The summed E-state index contributed by atoms with van der Waals surface area (Å²) in [6.07, 6.45) is 8.76. The number of amides is 4. The number of likely N-dealkylation sites (tertiary alicyclic amines) is 2. The number of nitrogens with one attached hydrogen (secondary N) is 4. The van der Waals surface area contributed by atoms with E-state index < -0.39 is 71.7 Å². The Morgan fingerprint density at radius 1 is 0.592 bits per heavy atom. The minimum atomic E-state index is -1.31. The van der Waals surface area contributed by atoms with Gasteiger partial charge in [-0.1, -0.05) is 59.8 Å². The van der Waals surface area contributed by atoms with E-state index in [0.29, 0.717) is 97.4 Å².